The van der Waals surface area contributed by atoms with E-state index in [1.54, 1.807) is 26.4 Å². The number of nitrogens with one attached hydrogen (secondary N) is 1. The van der Waals surface area contributed by atoms with Crippen LogP contribution in [0.15, 0.2) is 48.6 Å². The van der Waals surface area contributed by atoms with Crippen LogP contribution in [0.2, 0.25) is 0 Å². The lowest BCUT2D eigenvalue weighted by atomic mass is 9.72. The number of aliphatic hydroxyl groups excluding tert-OH is 1. The van der Waals surface area contributed by atoms with Crippen molar-refractivity contribution in [2.24, 2.45) is 11.3 Å². The van der Waals surface area contributed by atoms with Crippen molar-refractivity contribution in [2.45, 2.75) is 102 Å². The fourth-order valence-corrected chi connectivity index (χ4v) is 6.07. The maximum Gasteiger partial charge on any atom is 0.330 e. The monoisotopic (exact) mass is 637 g/mol. The molecule has 12 heteroatoms. The van der Waals surface area contributed by atoms with E-state index < -0.39 is 53.7 Å². The van der Waals surface area contributed by atoms with Crippen molar-refractivity contribution in [1.29, 1.82) is 0 Å². The molecule has 0 radical (unpaired) electrons. The molecule has 3 aliphatic rings. The number of amides is 1. The Morgan fingerprint density at radius 2 is 1.84 bits per heavy atom. The fraction of sp³-hybridized carbons (Fsp3) is 0.697. The normalized spacial score (nSPS) is 35.0. The van der Waals surface area contributed by atoms with Crippen LogP contribution in [-0.4, -0.2) is 107 Å². The minimum atomic E-state index is -1.67. The van der Waals surface area contributed by atoms with Crippen molar-refractivity contribution < 1.29 is 52.6 Å². The standard InChI is InChI=1S/C33H51NO11/c1-20-18-33(41-9,45-22(3)21(20)2)28(36)30(37)34-31-27-26(42-19-43-31)29(40-8)32(4,5)24(44-27)17-23(38-6)15-13-11-10-12-14-16-25(35)39-7/h10,12-16,21-24,26-29,31,36H,1,11,17-19H2,2-9H3,(H,34,37)/b12-10+,15-13+,16-14+/t21-,22-,23?,24-,26+,27+,28-,29-,31+,33-/m1/s1. The number of hydrogen-bond donors (Lipinski definition) is 2. The van der Waals surface area contributed by atoms with Gasteiger partial charge >= 0.3 is 5.97 Å². The first-order valence-electron chi connectivity index (χ1n) is 15.3. The number of aliphatic hydroxyl groups is 1. The van der Waals surface area contributed by atoms with Crippen LogP contribution in [0.4, 0.5) is 0 Å². The first-order valence-corrected chi connectivity index (χ1v) is 15.3. The van der Waals surface area contributed by atoms with Gasteiger partial charge in [-0.1, -0.05) is 63.3 Å². The Balaban J connectivity index is 1.73. The largest absolute Gasteiger partial charge is 0.466 e. The summed E-state index contributed by atoms with van der Waals surface area (Å²) in [5, 5.41) is 14.0. The predicted molar refractivity (Wildman–Crippen MR) is 165 cm³/mol. The molecule has 3 rings (SSSR count). The molecule has 0 bridgehead atoms. The van der Waals surface area contributed by atoms with E-state index in [1.165, 1.54) is 20.3 Å². The van der Waals surface area contributed by atoms with Gasteiger partial charge in [0.15, 0.2) is 12.3 Å². The van der Waals surface area contributed by atoms with Crippen LogP contribution in [0.25, 0.3) is 0 Å². The number of carbonyl (C=O) groups is 2. The average Bonchev–Trinajstić information content (AvgIpc) is 3.01. The van der Waals surface area contributed by atoms with Crippen LogP contribution < -0.4 is 5.32 Å². The molecule has 3 aliphatic heterocycles. The van der Waals surface area contributed by atoms with Crippen LogP contribution >= 0.6 is 0 Å². The third-order valence-electron chi connectivity index (χ3n) is 9.12. The number of fused-ring (bicyclic) bond motifs is 1. The van der Waals surface area contributed by atoms with E-state index in [0.29, 0.717) is 12.8 Å². The average molecular weight is 638 g/mol. The first-order chi connectivity index (χ1) is 21.3. The van der Waals surface area contributed by atoms with Gasteiger partial charge in [-0.25, -0.2) is 4.79 Å². The van der Waals surface area contributed by atoms with Gasteiger partial charge in [-0.15, -0.1) is 0 Å². The maximum atomic E-state index is 13.5. The van der Waals surface area contributed by atoms with Crippen LogP contribution in [0.3, 0.4) is 0 Å². The highest BCUT2D eigenvalue weighted by Crippen LogP contribution is 2.44. The minimum Gasteiger partial charge on any atom is -0.466 e. The van der Waals surface area contributed by atoms with Gasteiger partial charge in [-0.2, -0.15) is 0 Å². The van der Waals surface area contributed by atoms with Crippen molar-refractivity contribution in [2.75, 3.05) is 35.2 Å². The second kappa shape index (κ2) is 16.4. The lowest BCUT2D eigenvalue weighted by Crippen LogP contribution is -2.69. The van der Waals surface area contributed by atoms with Gasteiger partial charge in [0, 0.05) is 51.6 Å². The van der Waals surface area contributed by atoms with Crippen LogP contribution in [0, 0.1) is 11.3 Å². The molecule has 0 aromatic rings. The topological polar surface area (TPSA) is 140 Å². The van der Waals surface area contributed by atoms with Crippen LogP contribution in [-0.2, 0) is 47.5 Å². The second-order valence-electron chi connectivity index (χ2n) is 12.3. The highest BCUT2D eigenvalue weighted by molar-refractivity contribution is 5.82. The Labute approximate surface area is 266 Å². The molecule has 1 amide bonds. The van der Waals surface area contributed by atoms with Crippen molar-refractivity contribution in [3.05, 3.63) is 48.6 Å². The number of carbonyl (C=O) groups excluding carboxylic acids is 2. The molecule has 0 spiro atoms. The number of ether oxygens (including phenoxy) is 8. The zero-order valence-electron chi connectivity index (χ0n) is 27.7. The summed E-state index contributed by atoms with van der Waals surface area (Å²) in [5.74, 6) is -2.69. The Bertz CT molecular complexity index is 1100. The van der Waals surface area contributed by atoms with E-state index in [4.69, 9.17) is 33.2 Å². The smallest absolute Gasteiger partial charge is 0.330 e. The molecule has 254 valence electrons. The quantitative estimate of drug-likeness (QED) is 0.133. The number of allylic oxidation sites excluding steroid dienone is 4. The summed E-state index contributed by atoms with van der Waals surface area (Å²) < 4.78 is 46.3. The van der Waals surface area contributed by atoms with Gasteiger partial charge in [-0.05, 0) is 13.3 Å². The van der Waals surface area contributed by atoms with Crippen LogP contribution in [0.5, 0.6) is 0 Å². The van der Waals surface area contributed by atoms with Gasteiger partial charge < -0.3 is 48.3 Å². The summed E-state index contributed by atoms with van der Waals surface area (Å²) in [4.78, 5) is 24.6. The number of methoxy groups -OCH3 is 4. The molecular weight excluding hydrogens is 586 g/mol. The maximum absolute atomic E-state index is 13.5. The Morgan fingerprint density at radius 1 is 1.11 bits per heavy atom. The Kier molecular flexibility index (Phi) is 13.5. The molecule has 12 nitrogen and oxygen atoms in total. The number of esters is 1. The van der Waals surface area contributed by atoms with E-state index in [-0.39, 0.29) is 37.4 Å². The molecule has 0 aliphatic carbocycles. The second-order valence-corrected chi connectivity index (χ2v) is 12.3. The molecule has 3 heterocycles. The van der Waals surface area contributed by atoms with Gasteiger partial charge in [-0.3, -0.25) is 4.79 Å². The lowest BCUT2D eigenvalue weighted by Gasteiger charge is -2.54. The number of rotatable bonds is 13. The molecule has 1 unspecified atom stereocenters. The van der Waals surface area contributed by atoms with E-state index in [1.807, 2.05) is 45.9 Å². The predicted octanol–water partition coefficient (Wildman–Crippen LogP) is 2.95. The third kappa shape index (κ3) is 8.69. The van der Waals surface area contributed by atoms with Crippen molar-refractivity contribution in [3.63, 3.8) is 0 Å². The van der Waals surface area contributed by atoms with Crippen molar-refractivity contribution in [3.8, 4) is 0 Å². The third-order valence-corrected chi connectivity index (χ3v) is 9.12. The SMILES string of the molecule is C=C1C[C@](OC)([C@H](O)C(=O)N[C@H]2OCO[C@H]3[C@@H]2O[C@H](CC(/C=C/C/C=C/C=C/C(=O)OC)OC)C(C)(C)[C@@H]3OC)O[C@H](C)[C@@H]1C. The van der Waals surface area contributed by atoms with Crippen molar-refractivity contribution >= 4 is 11.9 Å². The van der Waals surface area contributed by atoms with Gasteiger partial charge in [0.1, 0.15) is 19.0 Å². The molecule has 2 N–H and O–H groups in total. The van der Waals surface area contributed by atoms with Crippen LogP contribution in [0.1, 0.15) is 47.0 Å². The highest BCUT2D eigenvalue weighted by Gasteiger charge is 2.57. The number of hydrogen-bond acceptors (Lipinski definition) is 11. The van der Waals surface area contributed by atoms with Gasteiger partial charge in [0.2, 0.25) is 5.79 Å². The van der Waals surface area contributed by atoms with Crippen molar-refractivity contribution in [1.82, 2.24) is 5.32 Å². The summed E-state index contributed by atoms with van der Waals surface area (Å²) in [7, 11) is 5.97. The Hall–Kier alpha value is -2.42. The fourth-order valence-electron chi connectivity index (χ4n) is 6.07. The lowest BCUT2D eigenvalue weighted by molar-refractivity contribution is -0.332. The van der Waals surface area contributed by atoms with E-state index >= 15 is 0 Å². The molecule has 3 saturated heterocycles. The summed E-state index contributed by atoms with van der Waals surface area (Å²) in [6.07, 6.45) is 6.51. The van der Waals surface area contributed by atoms with Gasteiger partial charge in [0.25, 0.3) is 5.91 Å². The summed E-state index contributed by atoms with van der Waals surface area (Å²) in [6.45, 7) is 11.9. The zero-order valence-corrected chi connectivity index (χ0v) is 27.7. The molecule has 0 saturated carbocycles. The zero-order chi connectivity index (χ0) is 33.4. The summed E-state index contributed by atoms with van der Waals surface area (Å²) in [6, 6.07) is 0. The van der Waals surface area contributed by atoms with E-state index in [0.717, 1.165) is 5.57 Å². The highest BCUT2D eigenvalue weighted by atomic mass is 16.7. The molecule has 45 heavy (non-hydrogen) atoms. The van der Waals surface area contributed by atoms with Gasteiger partial charge in [0.05, 0.1) is 31.5 Å². The summed E-state index contributed by atoms with van der Waals surface area (Å²) >= 11 is 0. The minimum absolute atomic E-state index is 0.0439. The molecule has 0 aromatic heterocycles. The Morgan fingerprint density at radius 3 is 2.47 bits per heavy atom. The first kappa shape index (κ1) is 37.0. The molecular formula is C33H51NO11. The summed E-state index contributed by atoms with van der Waals surface area (Å²) in [5.41, 5.74) is 0.315. The molecule has 0 aromatic carbocycles. The van der Waals surface area contributed by atoms with E-state index in [9.17, 15) is 14.7 Å². The van der Waals surface area contributed by atoms with E-state index in [2.05, 4.69) is 16.6 Å². The molecule has 10 atom stereocenters. The molecule has 3 fully saturated rings.